The monoisotopic (exact) mass is 309 g/mol. The highest BCUT2D eigenvalue weighted by atomic mass is 79.9. The van der Waals surface area contributed by atoms with Crippen molar-refractivity contribution >= 4 is 15.9 Å². The Bertz CT molecular complexity index is 463. The second-order valence-electron chi connectivity index (χ2n) is 4.73. The van der Waals surface area contributed by atoms with Gasteiger partial charge in [-0.2, -0.15) is 5.26 Å². The SMILES string of the molecule is COc1ccc(CBr)c(OCC2(CC#N)CC2)c1. The number of hydrogen-bond acceptors (Lipinski definition) is 3. The van der Waals surface area contributed by atoms with E-state index in [9.17, 15) is 0 Å². The highest BCUT2D eigenvalue weighted by Gasteiger charge is 2.43. The van der Waals surface area contributed by atoms with Gasteiger partial charge in [-0.15, -0.1) is 0 Å². The number of nitriles is 1. The predicted molar refractivity (Wildman–Crippen MR) is 73.0 cm³/mol. The fraction of sp³-hybridized carbons (Fsp3) is 0.500. The summed E-state index contributed by atoms with van der Waals surface area (Å²) in [6.45, 7) is 0.619. The van der Waals surface area contributed by atoms with Crippen molar-refractivity contribution in [2.75, 3.05) is 13.7 Å². The molecule has 0 bridgehead atoms. The number of nitrogens with zero attached hydrogens (tertiary/aromatic N) is 1. The summed E-state index contributed by atoms with van der Waals surface area (Å²) in [6, 6.07) is 8.06. The summed E-state index contributed by atoms with van der Waals surface area (Å²) in [5.74, 6) is 1.63. The van der Waals surface area contributed by atoms with E-state index in [1.54, 1.807) is 7.11 Å². The van der Waals surface area contributed by atoms with Gasteiger partial charge in [-0.25, -0.2) is 0 Å². The molecule has 18 heavy (non-hydrogen) atoms. The van der Waals surface area contributed by atoms with Crippen LogP contribution in [0.3, 0.4) is 0 Å². The van der Waals surface area contributed by atoms with E-state index in [4.69, 9.17) is 14.7 Å². The van der Waals surface area contributed by atoms with E-state index in [-0.39, 0.29) is 5.41 Å². The number of halogens is 1. The first-order valence-electron chi connectivity index (χ1n) is 5.96. The highest BCUT2D eigenvalue weighted by molar-refractivity contribution is 9.08. The molecule has 3 nitrogen and oxygen atoms in total. The van der Waals surface area contributed by atoms with Crippen LogP contribution in [0.25, 0.3) is 0 Å². The average Bonchev–Trinajstić information content (AvgIpc) is 3.16. The summed E-state index contributed by atoms with van der Waals surface area (Å²) in [5.41, 5.74) is 1.20. The van der Waals surface area contributed by atoms with E-state index in [1.165, 1.54) is 0 Å². The molecule has 0 aromatic heterocycles. The van der Waals surface area contributed by atoms with Crippen LogP contribution in [0.4, 0.5) is 0 Å². The molecule has 0 amide bonds. The first kappa shape index (κ1) is 13.2. The van der Waals surface area contributed by atoms with Crippen LogP contribution in [0.5, 0.6) is 11.5 Å². The van der Waals surface area contributed by atoms with Crippen LogP contribution in [0.15, 0.2) is 18.2 Å². The molecular weight excluding hydrogens is 294 g/mol. The Labute approximate surface area is 116 Å². The average molecular weight is 310 g/mol. The number of methoxy groups -OCH3 is 1. The molecule has 0 unspecified atom stereocenters. The van der Waals surface area contributed by atoms with Gasteiger partial charge in [-0.05, 0) is 18.9 Å². The van der Waals surface area contributed by atoms with Gasteiger partial charge in [0.25, 0.3) is 0 Å². The van der Waals surface area contributed by atoms with Gasteiger partial charge in [0, 0.05) is 28.8 Å². The molecule has 1 fully saturated rings. The van der Waals surface area contributed by atoms with Gasteiger partial charge in [0.05, 0.1) is 19.8 Å². The van der Waals surface area contributed by atoms with Crippen molar-refractivity contribution in [3.05, 3.63) is 23.8 Å². The molecule has 4 heteroatoms. The van der Waals surface area contributed by atoms with Crippen molar-refractivity contribution in [2.24, 2.45) is 5.41 Å². The zero-order valence-electron chi connectivity index (χ0n) is 10.4. The quantitative estimate of drug-likeness (QED) is 0.753. The Kier molecular flexibility index (Phi) is 4.13. The first-order valence-corrected chi connectivity index (χ1v) is 7.08. The molecular formula is C14H16BrNO2. The Balaban J connectivity index is 2.06. The smallest absolute Gasteiger partial charge is 0.127 e. The normalized spacial score (nSPS) is 15.8. The van der Waals surface area contributed by atoms with Crippen LogP contribution >= 0.6 is 15.9 Å². The van der Waals surface area contributed by atoms with E-state index < -0.39 is 0 Å². The Morgan fingerprint density at radius 3 is 2.78 bits per heavy atom. The van der Waals surface area contributed by atoms with E-state index in [0.717, 1.165) is 35.2 Å². The first-order chi connectivity index (χ1) is 8.73. The number of benzene rings is 1. The molecule has 0 N–H and O–H groups in total. The van der Waals surface area contributed by atoms with Crippen molar-refractivity contribution in [2.45, 2.75) is 24.6 Å². The van der Waals surface area contributed by atoms with Crippen LogP contribution in [0.2, 0.25) is 0 Å². The lowest BCUT2D eigenvalue weighted by molar-refractivity contribution is 0.234. The van der Waals surface area contributed by atoms with Crippen molar-refractivity contribution in [3.63, 3.8) is 0 Å². The lowest BCUT2D eigenvalue weighted by Gasteiger charge is -2.15. The molecule has 0 saturated heterocycles. The maximum absolute atomic E-state index is 8.79. The second-order valence-corrected chi connectivity index (χ2v) is 5.29. The minimum absolute atomic E-state index is 0.0986. The van der Waals surface area contributed by atoms with Crippen LogP contribution < -0.4 is 9.47 Å². The molecule has 1 aliphatic carbocycles. The van der Waals surface area contributed by atoms with Crippen LogP contribution in [0.1, 0.15) is 24.8 Å². The topological polar surface area (TPSA) is 42.2 Å². The number of ether oxygens (including phenoxy) is 2. The van der Waals surface area contributed by atoms with Gasteiger partial charge >= 0.3 is 0 Å². The van der Waals surface area contributed by atoms with Gasteiger partial charge in [0.1, 0.15) is 11.5 Å². The van der Waals surface area contributed by atoms with Crippen molar-refractivity contribution < 1.29 is 9.47 Å². The molecule has 0 aliphatic heterocycles. The van der Waals surface area contributed by atoms with Gasteiger partial charge < -0.3 is 9.47 Å². The Hall–Kier alpha value is -1.21. The summed E-state index contributed by atoms with van der Waals surface area (Å²) < 4.78 is 11.1. The van der Waals surface area contributed by atoms with Gasteiger partial charge in [0.15, 0.2) is 0 Å². The minimum Gasteiger partial charge on any atom is -0.497 e. The largest absolute Gasteiger partial charge is 0.497 e. The third kappa shape index (κ3) is 2.97. The third-order valence-electron chi connectivity index (χ3n) is 3.36. The summed E-state index contributed by atoms with van der Waals surface area (Å²) in [5, 5.41) is 9.54. The highest BCUT2D eigenvalue weighted by Crippen LogP contribution is 2.49. The zero-order chi connectivity index (χ0) is 13.0. The van der Waals surface area contributed by atoms with Crippen molar-refractivity contribution in [1.82, 2.24) is 0 Å². The van der Waals surface area contributed by atoms with Gasteiger partial charge in [-0.1, -0.05) is 22.0 Å². The maximum atomic E-state index is 8.79. The fourth-order valence-electron chi connectivity index (χ4n) is 1.85. The molecule has 1 aliphatic rings. The fourth-order valence-corrected chi connectivity index (χ4v) is 2.32. The summed E-state index contributed by atoms with van der Waals surface area (Å²) in [7, 11) is 1.64. The standard InChI is InChI=1S/C14H16BrNO2/c1-17-12-3-2-11(9-15)13(8-12)18-10-14(4-5-14)6-7-16/h2-3,8H,4-6,9-10H2,1H3. The molecule has 0 heterocycles. The number of alkyl halides is 1. The van der Waals surface area contributed by atoms with E-state index in [1.807, 2.05) is 18.2 Å². The molecule has 0 atom stereocenters. The molecule has 96 valence electrons. The summed E-state index contributed by atoms with van der Waals surface area (Å²) in [4.78, 5) is 0. The van der Waals surface area contributed by atoms with Crippen molar-refractivity contribution in [1.29, 1.82) is 5.26 Å². The van der Waals surface area contributed by atoms with Crippen molar-refractivity contribution in [3.8, 4) is 17.6 Å². The maximum Gasteiger partial charge on any atom is 0.127 e. The van der Waals surface area contributed by atoms with Crippen LogP contribution in [0, 0.1) is 16.7 Å². The van der Waals surface area contributed by atoms with Crippen LogP contribution in [-0.4, -0.2) is 13.7 Å². The second kappa shape index (κ2) is 5.62. The van der Waals surface area contributed by atoms with Gasteiger partial charge in [-0.3, -0.25) is 0 Å². The van der Waals surface area contributed by atoms with Crippen LogP contribution in [-0.2, 0) is 5.33 Å². The van der Waals surface area contributed by atoms with E-state index in [2.05, 4.69) is 22.0 Å². The molecule has 1 aromatic rings. The zero-order valence-corrected chi connectivity index (χ0v) is 12.0. The number of hydrogen-bond donors (Lipinski definition) is 0. The van der Waals surface area contributed by atoms with Gasteiger partial charge in [0.2, 0.25) is 0 Å². The number of rotatable bonds is 6. The molecule has 0 radical (unpaired) electrons. The Morgan fingerprint density at radius 1 is 1.44 bits per heavy atom. The summed E-state index contributed by atoms with van der Waals surface area (Å²) >= 11 is 3.45. The lowest BCUT2D eigenvalue weighted by Crippen LogP contribution is -2.13. The molecule has 0 spiro atoms. The molecule has 1 saturated carbocycles. The predicted octanol–water partition coefficient (Wildman–Crippen LogP) is 3.66. The Morgan fingerprint density at radius 2 is 2.22 bits per heavy atom. The third-order valence-corrected chi connectivity index (χ3v) is 3.97. The minimum atomic E-state index is 0.0986. The molecule has 2 rings (SSSR count). The van der Waals surface area contributed by atoms with E-state index in [0.29, 0.717) is 13.0 Å². The summed E-state index contributed by atoms with van der Waals surface area (Å²) in [6.07, 6.45) is 2.77. The molecule has 1 aromatic carbocycles. The van der Waals surface area contributed by atoms with E-state index >= 15 is 0 Å². The lowest BCUT2D eigenvalue weighted by atomic mass is 10.1.